The van der Waals surface area contributed by atoms with Crippen molar-refractivity contribution in [1.82, 2.24) is 20.0 Å². The number of carbonyl (C=O) groups is 2. The molecule has 1 unspecified atom stereocenters. The lowest BCUT2D eigenvalue weighted by atomic mass is 10.2. The van der Waals surface area contributed by atoms with Crippen LogP contribution < -0.4 is 5.32 Å². The first-order chi connectivity index (χ1) is 9.10. The van der Waals surface area contributed by atoms with Gasteiger partial charge in [0.1, 0.15) is 6.04 Å². The summed E-state index contributed by atoms with van der Waals surface area (Å²) in [5.41, 5.74) is 1.10. The second-order valence-electron chi connectivity index (χ2n) is 4.88. The molecule has 0 spiro atoms. The van der Waals surface area contributed by atoms with Gasteiger partial charge in [0.25, 0.3) is 0 Å². The minimum Gasteiger partial charge on any atom is -0.344 e. The van der Waals surface area contributed by atoms with Crippen molar-refractivity contribution in [1.29, 1.82) is 0 Å². The molecule has 1 saturated heterocycles. The Morgan fingerprint density at radius 2 is 2.26 bits per heavy atom. The van der Waals surface area contributed by atoms with E-state index >= 15 is 0 Å². The van der Waals surface area contributed by atoms with Crippen LogP contribution in [0.2, 0.25) is 0 Å². The second kappa shape index (κ2) is 5.86. The van der Waals surface area contributed by atoms with Gasteiger partial charge in [-0.15, -0.1) is 0 Å². The van der Waals surface area contributed by atoms with Crippen LogP contribution in [0.1, 0.15) is 25.3 Å². The van der Waals surface area contributed by atoms with E-state index in [2.05, 4.69) is 10.4 Å². The van der Waals surface area contributed by atoms with Crippen molar-refractivity contribution in [2.75, 3.05) is 13.1 Å². The Morgan fingerprint density at radius 3 is 2.89 bits per heavy atom. The molecule has 19 heavy (non-hydrogen) atoms. The quantitative estimate of drug-likeness (QED) is 0.838. The minimum absolute atomic E-state index is 0.0252. The maximum Gasteiger partial charge on any atom is 0.245 e. The molecule has 0 aromatic carbocycles. The zero-order valence-electron chi connectivity index (χ0n) is 11.4. The van der Waals surface area contributed by atoms with Crippen molar-refractivity contribution in [2.45, 2.75) is 32.2 Å². The molecule has 2 heterocycles. The fourth-order valence-electron chi connectivity index (χ4n) is 2.26. The summed E-state index contributed by atoms with van der Waals surface area (Å²) in [6.45, 7) is 3.05. The number of nitrogens with one attached hydrogen (secondary N) is 1. The Bertz CT molecular complexity index is 469. The van der Waals surface area contributed by atoms with Crippen LogP contribution in [0, 0.1) is 0 Å². The van der Waals surface area contributed by atoms with Crippen molar-refractivity contribution >= 4 is 11.8 Å². The molecule has 1 N–H and O–H groups in total. The van der Waals surface area contributed by atoms with Crippen LogP contribution in [0.25, 0.3) is 0 Å². The highest BCUT2D eigenvalue weighted by atomic mass is 16.2. The van der Waals surface area contributed by atoms with Gasteiger partial charge in [0, 0.05) is 32.8 Å². The van der Waals surface area contributed by atoms with Gasteiger partial charge in [-0.2, -0.15) is 5.10 Å². The summed E-state index contributed by atoms with van der Waals surface area (Å²) < 4.78 is 1.75. The number of aryl methyl sites for hydroxylation is 1. The van der Waals surface area contributed by atoms with E-state index in [-0.39, 0.29) is 17.9 Å². The monoisotopic (exact) mass is 264 g/mol. The van der Waals surface area contributed by atoms with Crippen molar-refractivity contribution in [3.8, 4) is 0 Å². The molecule has 0 radical (unpaired) electrons. The molecule has 2 rings (SSSR count). The number of nitrogens with zero attached hydrogens (tertiary/aromatic N) is 3. The molecule has 1 aliphatic heterocycles. The Labute approximate surface area is 112 Å². The number of aromatic nitrogens is 2. The van der Waals surface area contributed by atoms with E-state index in [0.717, 1.165) is 12.0 Å². The maximum absolute atomic E-state index is 12.2. The minimum atomic E-state index is -0.371. The zero-order chi connectivity index (χ0) is 13.8. The summed E-state index contributed by atoms with van der Waals surface area (Å²) in [7, 11) is 1.87. The van der Waals surface area contributed by atoms with E-state index in [9.17, 15) is 9.59 Å². The SMILES string of the molecule is CCC1NC(=O)CCN(CCc2cnn(C)c2)C1=O. The van der Waals surface area contributed by atoms with Crippen LogP contribution in [0.3, 0.4) is 0 Å². The highest BCUT2D eigenvalue weighted by molar-refractivity contribution is 5.89. The highest BCUT2D eigenvalue weighted by Gasteiger charge is 2.28. The summed E-state index contributed by atoms with van der Waals surface area (Å²) in [5.74, 6) is -0.0127. The molecule has 1 fully saturated rings. The third-order valence-electron chi connectivity index (χ3n) is 3.39. The van der Waals surface area contributed by atoms with Gasteiger partial charge in [-0.1, -0.05) is 6.92 Å². The van der Waals surface area contributed by atoms with Crippen LogP contribution in [0.4, 0.5) is 0 Å². The Kier molecular flexibility index (Phi) is 4.19. The molecule has 6 nitrogen and oxygen atoms in total. The Hall–Kier alpha value is -1.85. The average molecular weight is 264 g/mol. The highest BCUT2D eigenvalue weighted by Crippen LogP contribution is 2.08. The molecule has 104 valence electrons. The predicted molar refractivity (Wildman–Crippen MR) is 70.3 cm³/mol. The van der Waals surface area contributed by atoms with Gasteiger partial charge in [0.15, 0.2) is 0 Å². The molecule has 1 aromatic rings. The van der Waals surface area contributed by atoms with Crippen LogP contribution >= 0.6 is 0 Å². The average Bonchev–Trinajstić information content (AvgIpc) is 2.75. The van der Waals surface area contributed by atoms with Crippen LogP contribution in [0.15, 0.2) is 12.4 Å². The lowest BCUT2D eigenvalue weighted by Gasteiger charge is -2.23. The number of hydrogen-bond acceptors (Lipinski definition) is 3. The van der Waals surface area contributed by atoms with Crippen LogP contribution in [-0.2, 0) is 23.1 Å². The van der Waals surface area contributed by atoms with Gasteiger partial charge in [-0.25, -0.2) is 0 Å². The van der Waals surface area contributed by atoms with E-state index < -0.39 is 0 Å². The standard InChI is InChI=1S/C13H20N4O2/c1-3-11-13(19)17(7-5-12(18)15-11)6-4-10-8-14-16(2)9-10/h8-9,11H,3-7H2,1-2H3,(H,15,18). The summed E-state index contributed by atoms with van der Waals surface area (Å²) in [5, 5.41) is 6.87. The van der Waals surface area contributed by atoms with Gasteiger partial charge in [0.05, 0.1) is 6.20 Å². The molecule has 1 atom stereocenters. The smallest absolute Gasteiger partial charge is 0.245 e. The molecule has 1 aromatic heterocycles. The fraction of sp³-hybridized carbons (Fsp3) is 0.615. The number of amides is 2. The second-order valence-corrected chi connectivity index (χ2v) is 4.88. The fourth-order valence-corrected chi connectivity index (χ4v) is 2.26. The van der Waals surface area contributed by atoms with Gasteiger partial charge >= 0.3 is 0 Å². The number of rotatable bonds is 4. The van der Waals surface area contributed by atoms with Crippen molar-refractivity contribution < 1.29 is 9.59 Å². The van der Waals surface area contributed by atoms with E-state index in [4.69, 9.17) is 0 Å². The lowest BCUT2D eigenvalue weighted by molar-refractivity contribution is -0.133. The predicted octanol–water partition coefficient (Wildman–Crippen LogP) is 0.0897. The van der Waals surface area contributed by atoms with Gasteiger partial charge in [0.2, 0.25) is 11.8 Å². The largest absolute Gasteiger partial charge is 0.344 e. The first kappa shape index (κ1) is 13.6. The Morgan fingerprint density at radius 1 is 1.47 bits per heavy atom. The molecule has 0 aliphatic carbocycles. The first-order valence-corrected chi connectivity index (χ1v) is 6.66. The molecule has 2 amide bonds. The third-order valence-corrected chi connectivity index (χ3v) is 3.39. The van der Waals surface area contributed by atoms with Crippen molar-refractivity contribution in [3.63, 3.8) is 0 Å². The third kappa shape index (κ3) is 3.33. The molecule has 6 heteroatoms. The molecule has 1 aliphatic rings. The van der Waals surface area contributed by atoms with Crippen LogP contribution in [-0.4, -0.2) is 45.6 Å². The maximum atomic E-state index is 12.2. The van der Waals surface area contributed by atoms with Crippen molar-refractivity contribution in [3.05, 3.63) is 18.0 Å². The lowest BCUT2D eigenvalue weighted by Crippen LogP contribution is -2.44. The van der Waals surface area contributed by atoms with E-state index in [1.807, 2.05) is 26.4 Å². The topological polar surface area (TPSA) is 67.2 Å². The van der Waals surface area contributed by atoms with E-state index in [1.54, 1.807) is 9.58 Å². The number of hydrogen-bond donors (Lipinski definition) is 1. The normalized spacial score (nSPS) is 20.3. The van der Waals surface area contributed by atoms with Gasteiger partial charge in [-0.3, -0.25) is 14.3 Å². The molecule has 0 bridgehead atoms. The van der Waals surface area contributed by atoms with E-state index in [1.165, 1.54) is 0 Å². The van der Waals surface area contributed by atoms with Gasteiger partial charge < -0.3 is 10.2 Å². The number of carbonyl (C=O) groups excluding carboxylic acids is 2. The van der Waals surface area contributed by atoms with Crippen molar-refractivity contribution in [2.24, 2.45) is 7.05 Å². The molecule has 0 saturated carbocycles. The Balaban J connectivity index is 1.97. The first-order valence-electron chi connectivity index (χ1n) is 6.66. The molecular formula is C13H20N4O2. The van der Waals surface area contributed by atoms with E-state index in [0.29, 0.717) is 25.9 Å². The van der Waals surface area contributed by atoms with Gasteiger partial charge in [-0.05, 0) is 18.4 Å². The molecular weight excluding hydrogens is 244 g/mol. The summed E-state index contributed by atoms with van der Waals surface area (Å²) >= 11 is 0. The zero-order valence-corrected chi connectivity index (χ0v) is 11.4. The van der Waals surface area contributed by atoms with Crippen LogP contribution in [0.5, 0.6) is 0 Å². The summed E-state index contributed by atoms with van der Waals surface area (Å²) in [6, 6.07) is -0.371. The summed E-state index contributed by atoms with van der Waals surface area (Å²) in [6.07, 6.45) is 5.54. The summed E-state index contributed by atoms with van der Waals surface area (Å²) in [4.78, 5) is 25.5.